The van der Waals surface area contributed by atoms with E-state index in [4.69, 9.17) is 36.7 Å². The maximum absolute atomic E-state index is 5.71. The van der Waals surface area contributed by atoms with Crippen LogP contribution in [0.25, 0.3) is 0 Å². The Labute approximate surface area is 128 Å². The van der Waals surface area contributed by atoms with Crippen molar-refractivity contribution in [3.05, 3.63) is 0 Å². The van der Waals surface area contributed by atoms with E-state index in [2.05, 4.69) is 0 Å². The molecule has 0 aromatic carbocycles. The predicted octanol–water partition coefficient (Wildman–Crippen LogP) is 1.46. The average molecular weight is 328 g/mol. The van der Waals surface area contributed by atoms with Crippen LogP contribution in [0.15, 0.2) is 0 Å². The van der Waals surface area contributed by atoms with Crippen LogP contribution in [0.4, 0.5) is 0 Å². The lowest BCUT2D eigenvalue weighted by atomic mass is 10.8. The SMILES string of the molecule is CO[C@@H](C)O[Si](O[C@@H](C)OC)(O[C@@H](C)OC)O[C@@H](C)OC. The summed E-state index contributed by atoms with van der Waals surface area (Å²) in [5.41, 5.74) is 0. The van der Waals surface area contributed by atoms with Crippen LogP contribution in [0.5, 0.6) is 0 Å². The molecule has 0 amide bonds. The van der Waals surface area contributed by atoms with Crippen molar-refractivity contribution in [3.63, 3.8) is 0 Å². The van der Waals surface area contributed by atoms with Crippen molar-refractivity contribution in [1.82, 2.24) is 0 Å². The van der Waals surface area contributed by atoms with E-state index in [1.807, 2.05) is 0 Å². The van der Waals surface area contributed by atoms with Gasteiger partial charge in [0, 0.05) is 28.4 Å². The highest BCUT2D eigenvalue weighted by Gasteiger charge is 2.52. The highest BCUT2D eigenvalue weighted by Crippen LogP contribution is 2.21. The fourth-order valence-corrected chi connectivity index (χ4v) is 3.52. The van der Waals surface area contributed by atoms with Crippen LogP contribution in [0, 0.1) is 0 Å². The molecule has 21 heavy (non-hydrogen) atoms. The quantitative estimate of drug-likeness (QED) is 0.394. The highest BCUT2D eigenvalue weighted by molar-refractivity contribution is 6.53. The molecule has 0 aliphatic carbocycles. The third kappa shape index (κ3) is 8.19. The maximum atomic E-state index is 5.71. The molecule has 0 heterocycles. The first-order chi connectivity index (χ1) is 9.82. The fourth-order valence-electron chi connectivity index (χ4n) is 1.17. The molecule has 128 valence electrons. The second-order valence-electron chi connectivity index (χ2n) is 4.18. The number of ether oxygens (including phenoxy) is 4. The van der Waals surface area contributed by atoms with Gasteiger partial charge < -0.3 is 36.7 Å². The summed E-state index contributed by atoms with van der Waals surface area (Å²) in [7, 11) is 2.38. The Morgan fingerprint density at radius 2 is 0.667 bits per heavy atom. The number of hydrogen-bond donors (Lipinski definition) is 0. The first-order valence-electron chi connectivity index (χ1n) is 6.64. The topological polar surface area (TPSA) is 73.8 Å². The van der Waals surface area contributed by atoms with Crippen LogP contribution in [0.2, 0.25) is 0 Å². The van der Waals surface area contributed by atoms with Crippen molar-refractivity contribution >= 4 is 9.05 Å². The highest BCUT2D eigenvalue weighted by atomic mass is 28.4. The molecule has 0 fully saturated rings. The van der Waals surface area contributed by atoms with E-state index in [1.54, 1.807) is 27.7 Å². The molecule has 0 unspecified atom stereocenters. The van der Waals surface area contributed by atoms with Crippen molar-refractivity contribution in [2.24, 2.45) is 0 Å². The van der Waals surface area contributed by atoms with Crippen molar-refractivity contribution in [2.45, 2.75) is 52.9 Å². The summed E-state index contributed by atoms with van der Waals surface area (Å²) in [5, 5.41) is 0. The zero-order valence-electron chi connectivity index (χ0n) is 14.1. The summed E-state index contributed by atoms with van der Waals surface area (Å²) in [6, 6.07) is 0. The van der Waals surface area contributed by atoms with Crippen LogP contribution in [-0.2, 0) is 36.7 Å². The molecule has 0 spiro atoms. The minimum absolute atomic E-state index is 0.603. The molecule has 0 bridgehead atoms. The van der Waals surface area contributed by atoms with Gasteiger partial charge in [-0.15, -0.1) is 0 Å². The van der Waals surface area contributed by atoms with Crippen LogP contribution < -0.4 is 0 Å². The molecule has 8 nitrogen and oxygen atoms in total. The van der Waals surface area contributed by atoms with Gasteiger partial charge in [0.05, 0.1) is 0 Å². The lowest BCUT2D eigenvalue weighted by molar-refractivity contribution is -0.222. The van der Waals surface area contributed by atoms with E-state index < -0.39 is 34.2 Å². The molecule has 0 aliphatic rings. The van der Waals surface area contributed by atoms with E-state index in [9.17, 15) is 0 Å². The molecule has 4 atom stereocenters. The van der Waals surface area contributed by atoms with Gasteiger partial charge in [-0.2, -0.15) is 0 Å². The van der Waals surface area contributed by atoms with Crippen molar-refractivity contribution in [2.75, 3.05) is 28.4 Å². The first-order valence-corrected chi connectivity index (χ1v) is 8.28. The van der Waals surface area contributed by atoms with Gasteiger partial charge in [-0.05, 0) is 27.7 Å². The zero-order valence-corrected chi connectivity index (χ0v) is 15.1. The van der Waals surface area contributed by atoms with Gasteiger partial charge >= 0.3 is 9.05 Å². The Morgan fingerprint density at radius 3 is 0.810 bits per heavy atom. The Hall–Kier alpha value is -0.103. The Kier molecular flexibility index (Phi) is 10.5. The van der Waals surface area contributed by atoms with Gasteiger partial charge in [0.25, 0.3) is 0 Å². The lowest BCUT2D eigenvalue weighted by Crippen LogP contribution is -2.56. The summed E-state index contributed by atoms with van der Waals surface area (Å²) < 4.78 is 43.3. The Balaban J connectivity index is 5.23. The monoisotopic (exact) mass is 328 g/mol. The molecule has 0 N–H and O–H groups in total. The van der Waals surface area contributed by atoms with E-state index in [0.29, 0.717) is 0 Å². The number of hydrogen-bond acceptors (Lipinski definition) is 8. The van der Waals surface area contributed by atoms with Gasteiger partial charge in [-0.25, -0.2) is 0 Å². The first kappa shape index (κ1) is 20.9. The summed E-state index contributed by atoms with van der Waals surface area (Å²) in [6.45, 7) is 6.79. The third-order valence-corrected chi connectivity index (χ3v) is 5.05. The normalized spacial score (nSPS) is 18.3. The van der Waals surface area contributed by atoms with Crippen LogP contribution in [0.3, 0.4) is 0 Å². The molecule has 9 heteroatoms. The summed E-state index contributed by atoms with van der Waals surface area (Å²) in [5.74, 6) is 0. The van der Waals surface area contributed by atoms with Crippen molar-refractivity contribution in [1.29, 1.82) is 0 Å². The second kappa shape index (κ2) is 10.6. The predicted molar refractivity (Wildman–Crippen MR) is 76.0 cm³/mol. The van der Waals surface area contributed by atoms with E-state index >= 15 is 0 Å². The molecule has 0 radical (unpaired) electrons. The third-order valence-electron chi connectivity index (χ3n) is 2.57. The van der Waals surface area contributed by atoms with Crippen LogP contribution >= 0.6 is 0 Å². The van der Waals surface area contributed by atoms with Crippen molar-refractivity contribution < 1.29 is 36.7 Å². The number of rotatable bonds is 12. The van der Waals surface area contributed by atoms with Gasteiger partial charge in [0.2, 0.25) is 0 Å². The van der Waals surface area contributed by atoms with Crippen molar-refractivity contribution in [3.8, 4) is 0 Å². The molecule has 0 saturated heterocycles. The van der Waals surface area contributed by atoms with Gasteiger partial charge in [0.15, 0.2) is 25.2 Å². The smallest absolute Gasteiger partial charge is 0.357 e. The Bertz CT molecular complexity index is 214. The van der Waals surface area contributed by atoms with E-state index in [1.165, 1.54) is 28.4 Å². The average Bonchev–Trinajstić information content (AvgIpc) is 2.46. The minimum atomic E-state index is -3.63. The largest absolute Gasteiger partial charge is 0.687 e. The van der Waals surface area contributed by atoms with Gasteiger partial charge in [0.1, 0.15) is 0 Å². The molecule has 0 aromatic rings. The second-order valence-corrected chi connectivity index (χ2v) is 6.13. The molecule has 0 rings (SSSR count). The molecular formula is C12H28O8Si. The molecular weight excluding hydrogens is 300 g/mol. The standard InChI is InChI=1S/C12H28O8Si/c1-9(13-5)17-21(18-10(2)14-6,19-11(3)15-7)20-12(4)16-8/h9-12H,1-8H3/t9-,10-,11-,12+/m0/s1. The van der Waals surface area contributed by atoms with E-state index in [0.717, 1.165) is 0 Å². The van der Waals surface area contributed by atoms with Crippen LogP contribution in [0.1, 0.15) is 27.7 Å². The molecule has 0 aromatic heterocycles. The van der Waals surface area contributed by atoms with Gasteiger partial charge in [-0.1, -0.05) is 0 Å². The maximum Gasteiger partial charge on any atom is 0.687 e. The summed E-state index contributed by atoms with van der Waals surface area (Å²) >= 11 is 0. The minimum Gasteiger partial charge on any atom is -0.357 e. The fraction of sp³-hybridized carbons (Fsp3) is 1.00. The van der Waals surface area contributed by atoms with Crippen LogP contribution in [-0.4, -0.2) is 62.6 Å². The molecule has 0 aliphatic heterocycles. The van der Waals surface area contributed by atoms with E-state index in [-0.39, 0.29) is 0 Å². The summed E-state index contributed by atoms with van der Waals surface area (Å²) in [4.78, 5) is 0. The Morgan fingerprint density at radius 1 is 0.476 bits per heavy atom. The number of methoxy groups -OCH3 is 4. The van der Waals surface area contributed by atoms with Gasteiger partial charge in [-0.3, -0.25) is 0 Å². The lowest BCUT2D eigenvalue weighted by Gasteiger charge is -2.34. The zero-order chi connectivity index (χ0) is 16.5. The summed E-state index contributed by atoms with van der Waals surface area (Å²) in [6.07, 6.45) is -2.41. The molecule has 0 saturated carbocycles.